The minimum Gasteiger partial charge on any atom is -0.492 e. The first-order valence-corrected chi connectivity index (χ1v) is 7.54. The van der Waals surface area contributed by atoms with Crippen molar-refractivity contribution in [2.45, 2.75) is 13.5 Å². The molecule has 0 heterocycles. The lowest BCUT2D eigenvalue weighted by Crippen LogP contribution is -2.31. The molecule has 118 valence electrons. The largest absolute Gasteiger partial charge is 0.492 e. The van der Waals surface area contributed by atoms with Gasteiger partial charge >= 0.3 is 0 Å². The van der Waals surface area contributed by atoms with Gasteiger partial charge in [-0.3, -0.25) is 4.90 Å². The number of hydrogen-bond donors (Lipinski definition) is 1. The molecule has 0 unspecified atom stereocenters. The normalized spacial score (nSPS) is 10.8. The van der Waals surface area contributed by atoms with Gasteiger partial charge in [-0.2, -0.15) is 0 Å². The summed E-state index contributed by atoms with van der Waals surface area (Å²) in [6.45, 7) is 11.8. The first kappa shape index (κ1) is 17.7. The number of benzene rings is 1. The van der Waals surface area contributed by atoms with Crippen LogP contribution in [0, 0.1) is 0 Å². The monoisotopic (exact) mass is 292 g/mol. The third-order valence-corrected chi connectivity index (χ3v) is 3.18. The van der Waals surface area contributed by atoms with Crippen LogP contribution in [0.4, 0.5) is 0 Å². The SMILES string of the molecule is C=CCN(CCOC)CCOc1ccc(CNCC)cc1. The molecule has 0 aliphatic heterocycles. The van der Waals surface area contributed by atoms with Crippen LogP contribution in [0.1, 0.15) is 12.5 Å². The summed E-state index contributed by atoms with van der Waals surface area (Å²) < 4.78 is 10.9. The average Bonchev–Trinajstić information content (AvgIpc) is 2.52. The Bertz CT molecular complexity index is 379. The molecule has 1 rings (SSSR count). The molecular formula is C17H28N2O2. The highest BCUT2D eigenvalue weighted by molar-refractivity contribution is 5.27. The predicted octanol–water partition coefficient (Wildman–Crippen LogP) is 2.31. The first-order chi connectivity index (χ1) is 10.3. The molecule has 0 aromatic heterocycles. The van der Waals surface area contributed by atoms with Crippen LogP contribution >= 0.6 is 0 Å². The summed E-state index contributed by atoms with van der Waals surface area (Å²) in [5.74, 6) is 0.917. The number of rotatable bonds is 12. The highest BCUT2D eigenvalue weighted by atomic mass is 16.5. The molecule has 1 aromatic rings. The quantitative estimate of drug-likeness (QED) is 0.599. The van der Waals surface area contributed by atoms with Gasteiger partial charge in [-0.25, -0.2) is 0 Å². The molecular weight excluding hydrogens is 264 g/mol. The van der Waals surface area contributed by atoms with Gasteiger partial charge in [0.1, 0.15) is 12.4 Å². The molecule has 0 amide bonds. The van der Waals surface area contributed by atoms with E-state index in [1.54, 1.807) is 7.11 Å². The van der Waals surface area contributed by atoms with Gasteiger partial charge in [0.2, 0.25) is 0 Å². The fourth-order valence-corrected chi connectivity index (χ4v) is 1.96. The second-order valence-electron chi connectivity index (χ2n) is 4.85. The number of nitrogens with one attached hydrogen (secondary N) is 1. The third kappa shape index (κ3) is 7.85. The molecule has 4 heteroatoms. The van der Waals surface area contributed by atoms with E-state index < -0.39 is 0 Å². The van der Waals surface area contributed by atoms with E-state index in [1.165, 1.54) is 5.56 Å². The van der Waals surface area contributed by atoms with Crippen LogP contribution in [0.3, 0.4) is 0 Å². The van der Waals surface area contributed by atoms with Crippen molar-refractivity contribution in [2.24, 2.45) is 0 Å². The zero-order valence-electron chi connectivity index (χ0n) is 13.3. The van der Waals surface area contributed by atoms with Crippen LogP contribution in [0.5, 0.6) is 5.75 Å². The van der Waals surface area contributed by atoms with Crippen molar-refractivity contribution in [3.05, 3.63) is 42.5 Å². The summed E-state index contributed by atoms with van der Waals surface area (Å²) in [4.78, 5) is 2.26. The summed E-state index contributed by atoms with van der Waals surface area (Å²) in [7, 11) is 1.72. The molecule has 0 saturated carbocycles. The van der Waals surface area contributed by atoms with E-state index in [9.17, 15) is 0 Å². The summed E-state index contributed by atoms with van der Waals surface area (Å²) in [5.41, 5.74) is 1.28. The summed E-state index contributed by atoms with van der Waals surface area (Å²) in [6, 6.07) is 8.26. The first-order valence-electron chi connectivity index (χ1n) is 7.54. The third-order valence-electron chi connectivity index (χ3n) is 3.18. The standard InChI is InChI=1S/C17H28N2O2/c1-4-10-19(11-13-20-3)12-14-21-17-8-6-16(7-9-17)15-18-5-2/h4,6-9,18H,1,5,10-15H2,2-3H3. The van der Waals surface area contributed by atoms with Crippen molar-refractivity contribution < 1.29 is 9.47 Å². The number of nitrogens with zero attached hydrogens (tertiary/aromatic N) is 1. The molecule has 1 aromatic carbocycles. The number of ether oxygens (including phenoxy) is 2. The molecule has 0 bridgehead atoms. The van der Waals surface area contributed by atoms with Crippen molar-refractivity contribution in [3.63, 3.8) is 0 Å². The lowest BCUT2D eigenvalue weighted by Gasteiger charge is -2.20. The lowest BCUT2D eigenvalue weighted by atomic mass is 10.2. The Kier molecular flexibility index (Phi) is 9.53. The van der Waals surface area contributed by atoms with E-state index in [4.69, 9.17) is 9.47 Å². The highest BCUT2D eigenvalue weighted by Crippen LogP contribution is 2.12. The lowest BCUT2D eigenvalue weighted by molar-refractivity contribution is 0.142. The van der Waals surface area contributed by atoms with Gasteiger partial charge in [0.05, 0.1) is 6.61 Å². The second kappa shape index (κ2) is 11.3. The van der Waals surface area contributed by atoms with Crippen LogP contribution in [-0.2, 0) is 11.3 Å². The van der Waals surface area contributed by atoms with Gasteiger partial charge in [-0.15, -0.1) is 6.58 Å². The topological polar surface area (TPSA) is 33.7 Å². The average molecular weight is 292 g/mol. The van der Waals surface area contributed by atoms with E-state index in [0.29, 0.717) is 6.61 Å². The van der Waals surface area contributed by atoms with E-state index in [1.807, 2.05) is 18.2 Å². The van der Waals surface area contributed by atoms with Gasteiger partial charge in [-0.1, -0.05) is 25.1 Å². The molecule has 0 aliphatic carbocycles. The smallest absolute Gasteiger partial charge is 0.119 e. The van der Waals surface area contributed by atoms with Gasteiger partial charge < -0.3 is 14.8 Å². The maximum absolute atomic E-state index is 5.79. The molecule has 0 aliphatic rings. The molecule has 21 heavy (non-hydrogen) atoms. The summed E-state index contributed by atoms with van der Waals surface area (Å²) in [5, 5.41) is 3.31. The van der Waals surface area contributed by atoms with Crippen molar-refractivity contribution in [3.8, 4) is 5.75 Å². The fourth-order valence-electron chi connectivity index (χ4n) is 1.96. The maximum Gasteiger partial charge on any atom is 0.119 e. The van der Waals surface area contributed by atoms with E-state index >= 15 is 0 Å². The molecule has 0 saturated heterocycles. The van der Waals surface area contributed by atoms with Crippen molar-refractivity contribution in [1.29, 1.82) is 0 Å². The molecule has 1 N–H and O–H groups in total. The minimum absolute atomic E-state index is 0.671. The Morgan fingerprint density at radius 2 is 1.90 bits per heavy atom. The Morgan fingerprint density at radius 1 is 1.19 bits per heavy atom. The van der Waals surface area contributed by atoms with Crippen molar-refractivity contribution in [2.75, 3.05) is 46.5 Å². The van der Waals surface area contributed by atoms with Crippen LogP contribution in [0.2, 0.25) is 0 Å². The van der Waals surface area contributed by atoms with Gasteiger partial charge in [-0.05, 0) is 24.2 Å². The molecule has 4 nitrogen and oxygen atoms in total. The van der Waals surface area contributed by atoms with Gasteiger partial charge in [0.25, 0.3) is 0 Å². The molecule has 0 atom stereocenters. The summed E-state index contributed by atoms with van der Waals surface area (Å²) in [6.07, 6.45) is 1.91. The molecule has 0 radical (unpaired) electrons. The van der Waals surface area contributed by atoms with Crippen LogP contribution in [-0.4, -0.2) is 51.4 Å². The zero-order chi connectivity index (χ0) is 15.3. The van der Waals surface area contributed by atoms with E-state index in [-0.39, 0.29) is 0 Å². The second-order valence-corrected chi connectivity index (χ2v) is 4.85. The van der Waals surface area contributed by atoms with Crippen LogP contribution in [0.25, 0.3) is 0 Å². The number of hydrogen-bond acceptors (Lipinski definition) is 4. The van der Waals surface area contributed by atoms with Crippen molar-refractivity contribution in [1.82, 2.24) is 10.2 Å². The number of methoxy groups -OCH3 is 1. The highest BCUT2D eigenvalue weighted by Gasteiger charge is 2.03. The van der Waals surface area contributed by atoms with Gasteiger partial charge in [0, 0.05) is 33.3 Å². The Hall–Kier alpha value is -1.36. The fraction of sp³-hybridized carbons (Fsp3) is 0.529. The predicted molar refractivity (Wildman–Crippen MR) is 87.8 cm³/mol. The Balaban J connectivity index is 2.31. The van der Waals surface area contributed by atoms with Gasteiger partial charge in [0.15, 0.2) is 0 Å². The summed E-state index contributed by atoms with van der Waals surface area (Å²) >= 11 is 0. The van der Waals surface area contributed by atoms with E-state index in [2.05, 4.69) is 35.9 Å². The van der Waals surface area contributed by atoms with E-state index in [0.717, 1.165) is 45.1 Å². The van der Waals surface area contributed by atoms with Crippen molar-refractivity contribution >= 4 is 0 Å². The van der Waals surface area contributed by atoms with Crippen LogP contribution in [0.15, 0.2) is 36.9 Å². The zero-order valence-corrected chi connectivity index (χ0v) is 13.3. The van der Waals surface area contributed by atoms with Crippen LogP contribution < -0.4 is 10.1 Å². The Labute approximate surface area is 128 Å². The maximum atomic E-state index is 5.79. The Morgan fingerprint density at radius 3 is 2.52 bits per heavy atom. The molecule has 0 spiro atoms. The minimum atomic E-state index is 0.671. The molecule has 0 fully saturated rings.